The smallest absolute Gasteiger partial charge is 1.00 e. The molecule has 3 aromatic carbocycles. The van der Waals surface area contributed by atoms with E-state index in [2.05, 4.69) is 49.0 Å². The number of hydrogen-bond acceptors (Lipinski definition) is 9. The zero-order valence-electron chi connectivity index (χ0n) is 37.7. The SMILES string of the molecule is CN(C)CC1CCCCC1=O.COc1c[c-]ccc1.COc1cccc([C@@]2(O)CCCC[C@@H]2CN(C)C)c1.COc1cccc([C@@]2(O)CCCC[C@H]2CN(C)C)c1.[Br-].[Mg+2]. The first-order chi connectivity index (χ1) is 27.2. The molecule has 1 unspecified atom stereocenters. The molecule has 5 atom stereocenters. The van der Waals surface area contributed by atoms with Gasteiger partial charge in [-0.05, 0) is 116 Å². The van der Waals surface area contributed by atoms with Gasteiger partial charge in [0.15, 0.2) is 0 Å². The van der Waals surface area contributed by atoms with E-state index >= 15 is 0 Å². The molecule has 3 aliphatic carbocycles. The van der Waals surface area contributed by atoms with Crippen LogP contribution < -0.4 is 31.2 Å². The number of methoxy groups -OCH3 is 3. The third-order valence-electron chi connectivity index (χ3n) is 11.6. The number of rotatable bonds is 11. The van der Waals surface area contributed by atoms with E-state index in [4.69, 9.17) is 14.2 Å². The third kappa shape index (κ3) is 18.0. The molecule has 3 fully saturated rings. The van der Waals surface area contributed by atoms with E-state index in [1.165, 1.54) is 19.3 Å². The molecule has 59 heavy (non-hydrogen) atoms. The van der Waals surface area contributed by atoms with Crippen LogP contribution in [-0.4, -0.2) is 137 Å². The Hall–Kier alpha value is -2.22. The quantitative estimate of drug-likeness (QED) is 0.210. The average Bonchev–Trinajstić information content (AvgIpc) is 3.21. The maximum Gasteiger partial charge on any atom is 2.00 e. The van der Waals surface area contributed by atoms with Gasteiger partial charge in [-0.25, -0.2) is 0 Å². The van der Waals surface area contributed by atoms with Gasteiger partial charge in [0.05, 0.1) is 32.5 Å². The van der Waals surface area contributed by atoms with E-state index in [1.54, 1.807) is 27.4 Å². The molecule has 9 nitrogen and oxygen atoms in total. The van der Waals surface area contributed by atoms with Gasteiger partial charge < -0.3 is 56.1 Å². The van der Waals surface area contributed by atoms with Crippen LogP contribution in [0.5, 0.6) is 17.2 Å². The Bertz CT molecular complexity index is 1500. The molecule has 3 saturated carbocycles. The molecular weight excluding hydrogens is 819 g/mol. The van der Waals surface area contributed by atoms with Crippen LogP contribution in [0.25, 0.3) is 0 Å². The van der Waals surface area contributed by atoms with Crippen LogP contribution in [0.1, 0.15) is 88.2 Å². The fourth-order valence-corrected chi connectivity index (χ4v) is 8.56. The van der Waals surface area contributed by atoms with Gasteiger partial charge in [-0.15, -0.1) is 12.1 Å². The van der Waals surface area contributed by atoms with Crippen molar-refractivity contribution in [1.29, 1.82) is 0 Å². The first-order valence-corrected chi connectivity index (χ1v) is 21.0. The minimum Gasteiger partial charge on any atom is -1.00 e. The molecular formula is C48H74BrMgN3O6. The Morgan fingerprint density at radius 3 is 1.44 bits per heavy atom. The van der Waals surface area contributed by atoms with Crippen molar-refractivity contribution in [3.05, 3.63) is 90.0 Å². The molecule has 3 aromatic rings. The van der Waals surface area contributed by atoms with Crippen molar-refractivity contribution >= 4 is 28.8 Å². The van der Waals surface area contributed by atoms with Crippen molar-refractivity contribution in [3.63, 3.8) is 0 Å². The maximum atomic E-state index is 11.3. The standard InChI is InChI=1S/2C16H25NO2.C9H17NO.C7H7O.BrH.Mg/c2*1-17(2)12-14-7-4-5-10-16(14,18)13-8-6-9-15(11-13)19-3;1-10(2)7-8-5-3-4-6-9(8)11;1-8-7-5-3-2-4-6-7;;/h2*6,8-9,11,14,18H,4-5,7,10,12H2,1-3H3;8H,3-7H2,1-2H3;2-3,5-6H,1H3;1H;/q;;;-1;;+2/p-1/t14-,16+;14-,16-;;;;/m10..../s1. The normalized spacial score (nSPS) is 23.8. The predicted octanol–water partition coefficient (Wildman–Crippen LogP) is 4.70. The molecule has 3 aliphatic rings. The van der Waals surface area contributed by atoms with Crippen LogP contribution in [0.15, 0.2) is 72.8 Å². The first-order valence-electron chi connectivity index (χ1n) is 21.0. The maximum absolute atomic E-state index is 11.3. The van der Waals surface area contributed by atoms with E-state index in [0.717, 1.165) is 106 Å². The Morgan fingerprint density at radius 1 is 0.627 bits per heavy atom. The molecule has 11 heteroatoms. The number of ketones is 1. The first kappa shape index (κ1) is 54.8. The van der Waals surface area contributed by atoms with Crippen molar-refractivity contribution < 1.29 is 46.2 Å². The van der Waals surface area contributed by atoms with E-state index in [1.807, 2.05) is 80.8 Å². The minimum absolute atomic E-state index is 0. The number of nitrogens with zero attached hydrogens (tertiary/aromatic N) is 3. The number of carbonyl (C=O) groups is 1. The fourth-order valence-electron chi connectivity index (χ4n) is 8.56. The third-order valence-corrected chi connectivity index (χ3v) is 11.6. The zero-order chi connectivity index (χ0) is 41.8. The van der Waals surface area contributed by atoms with E-state index in [9.17, 15) is 15.0 Å². The summed E-state index contributed by atoms with van der Waals surface area (Å²) in [6, 6.07) is 26.1. The summed E-state index contributed by atoms with van der Waals surface area (Å²) in [6.07, 6.45) is 12.8. The number of carbonyl (C=O) groups excluding carboxylic acids is 1. The molecule has 6 rings (SSSR count). The predicted molar refractivity (Wildman–Crippen MR) is 238 cm³/mol. The zero-order valence-corrected chi connectivity index (χ0v) is 40.7. The van der Waals surface area contributed by atoms with Crippen molar-refractivity contribution in [2.75, 3.05) is 83.2 Å². The van der Waals surface area contributed by atoms with Crippen LogP contribution in [0.2, 0.25) is 0 Å². The number of benzene rings is 3. The molecule has 0 amide bonds. The number of ether oxygens (including phenoxy) is 3. The Morgan fingerprint density at radius 2 is 1.07 bits per heavy atom. The number of hydrogen-bond donors (Lipinski definition) is 2. The summed E-state index contributed by atoms with van der Waals surface area (Å²) in [6.45, 7) is 2.79. The Kier molecular flexibility index (Phi) is 26.4. The molecule has 0 heterocycles. The minimum atomic E-state index is -0.711. The molecule has 0 bridgehead atoms. The Balaban J connectivity index is 0.000000409. The summed E-state index contributed by atoms with van der Waals surface area (Å²) < 4.78 is 15.5. The van der Waals surface area contributed by atoms with Crippen molar-refractivity contribution in [2.24, 2.45) is 17.8 Å². The summed E-state index contributed by atoms with van der Waals surface area (Å²) in [5.74, 6) is 3.89. The molecule has 0 spiro atoms. The molecule has 0 saturated heterocycles. The van der Waals surface area contributed by atoms with Crippen LogP contribution in [0.3, 0.4) is 0 Å². The van der Waals surface area contributed by atoms with Crippen molar-refractivity contribution in [3.8, 4) is 17.2 Å². The molecule has 0 radical (unpaired) electrons. The molecule has 326 valence electrons. The van der Waals surface area contributed by atoms with Gasteiger partial charge in [0.1, 0.15) is 17.3 Å². The summed E-state index contributed by atoms with van der Waals surface area (Å²) in [7, 11) is 17.3. The summed E-state index contributed by atoms with van der Waals surface area (Å²) in [5, 5.41) is 22.4. The van der Waals surface area contributed by atoms with Gasteiger partial charge in [-0.1, -0.05) is 56.4 Å². The fraction of sp³-hybridized carbons (Fsp3) is 0.604. The van der Waals surface area contributed by atoms with E-state index in [-0.39, 0.29) is 40.0 Å². The number of aliphatic hydroxyl groups is 2. The topological polar surface area (TPSA) is 94.9 Å². The second-order valence-electron chi connectivity index (χ2n) is 16.8. The summed E-state index contributed by atoms with van der Waals surface area (Å²) in [5.41, 5.74) is 0.575. The largest absolute Gasteiger partial charge is 2.00 e. The molecule has 0 aromatic heterocycles. The monoisotopic (exact) mass is 891 g/mol. The van der Waals surface area contributed by atoms with Gasteiger partial charge in [0, 0.05) is 49.6 Å². The summed E-state index contributed by atoms with van der Waals surface area (Å²) >= 11 is 0. The van der Waals surface area contributed by atoms with Crippen LogP contribution in [0.4, 0.5) is 0 Å². The second-order valence-corrected chi connectivity index (χ2v) is 16.8. The van der Waals surface area contributed by atoms with Gasteiger partial charge >= 0.3 is 23.1 Å². The number of halogens is 1. The van der Waals surface area contributed by atoms with Gasteiger partial charge in [-0.2, -0.15) is 18.2 Å². The van der Waals surface area contributed by atoms with Crippen molar-refractivity contribution in [2.45, 2.75) is 88.3 Å². The van der Waals surface area contributed by atoms with Gasteiger partial charge in [-0.3, -0.25) is 4.79 Å². The number of Topliss-reactive ketones (excluding diaryl/α,β-unsaturated/α-hetero) is 1. The van der Waals surface area contributed by atoms with Crippen LogP contribution >= 0.6 is 0 Å². The second kappa shape index (κ2) is 28.4. The Labute approximate surface area is 384 Å². The van der Waals surface area contributed by atoms with Gasteiger partial charge in [0.25, 0.3) is 0 Å². The van der Waals surface area contributed by atoms with Gasteiger partial charge in [0.2, 0.25) is 0 Å². The summed E-state index contributed by atoms with van der Waals surface area (Å²) in [4.78, 5) is 17.7. The van der Waals surface area contributed by atoms with Crippen molar-refractivity contribution in [1.82, 2.24) is 14.7 Å². The average molecular weight is 893 g/mol. The van der Waals surface area contributed by atoms with Crippen LogP contribution in [0, 0.1) is 23.8 Å². The van der Waals surface area contributed by atoms with E-state index in [0.29, 0.717) is 23.5 Å². The molecule has 0 aliphatic heterocycles. The molecule has 2 N–H and O–H groups in total. The van der Waals surface area contributed by atoms with E-state index < -0.39 is 11.2 Å². The van der Waals surface area contributed by atoms with Crippen LogP contribution in [-0.2, 0) is 16.0 Å².